The van der Waals surface area contributed by atoms with Crippen LogP contribution in [0.15, 0.2) is 47.4 Å². The average molecular weight is 445 g/mol. The topological polar surface area (TPSA) is 40.6 Å². The van der Waals surface area contributed by atoms with Crippen LogP contribution in [0.25, 0.3) is 0 Å². The van der Waals surface area contributed by atoms with Crippen molar-refractivity contribution in [3.8, 4) is 0 Å². The van der Waals surface area contributed by atoms with Crippen molar-refractivity contribution in [1.29, 1.82) is 0 Å². The summed E-state index contributed by atoms with van der Waals surface area (Å²) in [6, 6.07) is 10.0. The summed E-state index contributed by atoms with van der Waals surface area (Å²) in [5, 5.41) is -0.360. The summed E-state index contributed by atoms with van der Waals surface area (Å²) in [6.07, 6.45) is 0.249. The van der Waals surface area contributed by atoms with E-state index in [0.29, 0.717) is 13.1 Å². The molecule has 1 atom stereocenters. The van der Waals surface area contributed by atoms with Crippen molar-refractivity contribution in [2.45, 2.75) is 36.2 Å². The molecular formula is C20H20ClF3N2O2S. The molecule has 2 heterocycles. The molecule has 9 heteroatoms. The van der Waals surface area contributed by atoms with Crippen LogP contribution in [0.3, 0.4) is 0 Å². The molecule has 0 unspecified atom stereocenters. The van der Waals surface area contributed by atoms with Crippen LogP contribution >= 0.6 is 11.6 Å². The monoisotopic (exact) mass is 444 g/mol. The number of hydrogen-bond acceptors (Lipinski definition) is 3. The molecule has 0 bridgehead atoms. The largest absolute Gasteiger partial charge is 0.297 e. The minimum absolute atomic E-state index is 0.206. The molecule has 4 nitrogen and oxygen atoms in total. The molecule has 2 aliphatic heterocycles. The SMILES string of the molecule is O=S(=O)(c1ccc(F)c(Cl)c1)N1CC(F)(F)C[C@H]1CN1CCc2ccccc2C1. The number of rotatable bonds is 4. The number of benzene rings is 2. The lowest BCUT2D eigenvalue weighted by molar-refractivity contribution is 0.0165. The summed E-state index contributed by atoms with van der Waals surface area (Å²) in [6.45, 7) is 0.585. The zero-order valence-electron chi connectivity index (χ0n) is 15.5. The summed E-state index contributed by atoms with van der Waals surface area (Å²) in [4.78, 5) is 1.73. The zero-order valence-corrected chi connectivity index (χ0v) is 17.1. The third-order valence-corrected chi connectivity index (χ3v) is 7.69. The third kappa shape index (κ3) is 4.17. The molecule has 0 aliphatic carbocycles. The fourth-order valence-corrected chi connectivity index (χ4v) is 6.00. The second-order valence-electron chi connectivity index (χ2n) is 7.59. The van der Waals surface area contributed by atoms with E-state index < -0.39 is 40.8 Å². The predicted octanol–water partition coefficient (Wildman–Crippen LogP) is 3.94. The van der Waals surface area contributed by atoms with E-state index in [4.69, 9.17) is 11.6 Å². The van der Waals surface area contributed by atoms with Crippen LogP contribution in [0, 0.1) is 5.82 Å². The van der Waals surface area contributed by atoms with Gasteiger partial charge in [0, 0.05) is 32.1 Å². The van der Waals surface area contributed by atoms with E-state index in [-0.39, 0.29) is 16.5 Å². The molecule has 156 valence electrons. The molecule has 4 rings (SSSR count). The molecule has 0 radical (unpaired) electrons. The van der Waals surface area contributed by atoms with Gasteiger partial charge < -0.3 is 0 Å². The predicted molar refractivity (Wildman–Crippen MR) is 104 cm³/mol. The Kier molecular flexibility index (Phi) is 5.40. The number of halogens is 4. The van der Waals surface area contributed by atoms with Crippen molar-refractivity contribution >= 4 is 21.6 Å². The van der Waals surface area contributed by atoms with Crippen LogP contribution in [-0.2, 0) is 23.0 Å². The summed E-state index contributed by atoms with van der Waals surface area (Å²) >= 11 is 5.71. The van der Waals surface area contributed by atoms with Gasteiger partial charge in [0.05, 0.1) is 16.5 Å². The Bertz CT molecular complexity index is 1030. The molecule has 2 aromatic rings. The highest BCUT2D eigenvalue weighted by Crippen LogP contribution is 2.37. The molecule has 1 saturated heterocycles. The standard InChI is InChI=1S/C20H20ClF3N2O2S/c21-18-9-17(5-6-19(18)22)29(27,28)26-13-20(23,24)10-16(26)12-25-8-7-14-3-1-2-4-15(14)11-25/h1-6,9,16H,7-8,10-13H2/t16-/m0/s1. The highest BCUT2D eigenvalue weighted by atomic mass is 35.5. The van der Waals surface area contributed by atoms with E-state index >= 15 is 0 Å². The minimum atomic E-state index is -4.23. The number of fused-ring (bicyclic) bond motifs is 1. The summed E-state index contributed by atoms with van der Waals surface area (Å²) < 4.78 is 68.8. The Morgan fingerprint density at radius 3 is 2.59 bits per heavy atom. The van der Waals surface area contributed by atoms with Gasteiger partial charge in [0.15, 0.2) is 0 Å². The molecule has 2 aliphatic rings. The van der Waals surface area contributed by atoms with Crippen LogP contribution in [0.4, 0.5) is 13.2 Å². The maximum absolute atomic E-state index is 14.2. The highest BCUT2D eigenvalue weighted by molar-refractivity contribution is 7.89. The van der Waals surface area contributed by atoms with Crippen LogP contribution in [0.1, 0.15) is 17.5 Å². The molecule has 29 heavy (non-hydrogen) atoms. The van der Waals surface area contributed by atoms with E-state index in [1.165, 1.54) is 5.56 Å². The van der Waals surface area contributed by atoms with Gasteiger partial charge in [-0.05, 0) is 35.7 Å². The van der Waals surface area contributed by atoms with E-state index in [1.54, 1.807) is 0 Å². The van der Waals surface area contributed by atoms with Gasteiger partial charge in [0.25, 0.3) is 5.92 Å². The maximum Gasteiger partial charge on any atom is 0.263 e. The van der Waals surface area contributed by atoms with Crippen molar-refractivity contribution in [2.75, 3.05) is 19.6 Å². The quantitative estimate of drug-likeness (QED) is 0.717. The first-order valence-corrected chi connectivity index (χ1v) is 11.1. The summed E-state index contributed by atoms with van der Waals surface area (Å²) in [5.41, 5.74) is 2.36. The Labute approximate surface area is 172 Å². The summed E-state index contributed by atoms with van der Waals surface area (Å²) in [5.74, 6) is -3.88. The molecule has 1 fully saturated rings. The van der Waals surface area contributed by atoms with Crippen molar-refractivity contribution in [2.24, 2.45) is 0 Å². The lowest BCUT2D eigenvalue weighted by Crippen LogP contribution is -2.44. The molecule has 0 amide bonds. The minimum Gasteiger partial charge on any atom is -0.297 e. The molecule has 0 N–H and O–H groups in total. The molecule has 2 aromatic carbocycles. The average Bonchev–Trinajstić information content (AvgIpc) is 2.98. The Morgan fingerprint density at radius 2 is 1.86 bits per heavy atom. The van der Waals surface area contributed by atoms with Crippen molar-refractivity contribution < 1.29 is 21.6 Å². The van der Waals surface area contributed by atoms with Crippen LogP contribution in [0.2, 0.25) is 5.02 Å². The number of alkyl halides is 2. The van der Waals surface area contributed by atoms with Gasteiger partial charge in [-0.2, -0.15) is 4.31 Å². The Balaban J connectivity index is 1.58. The van der Waals surface area contributed by atoms with Gasteiger partial charge in [-0.25, -0.2) is 21.6 Å². The lowest BCUT2D eigenvalue weighted by Gasteiger charge is -2.33. The van der Waals surface area contributed by atoms with Gasteiger partial charge in [-0.15, -0.1) is 0 Å². The molecular weight excluding hydrogens is 425 g/mol. The molecule has 0 aromatic heterocycles. The maximum atomic E-state index is 14.2. The van der Waals surface area contributed by atoms with Crippen LogP contribution in [-0.4, -0.2) is 49.2 Å². The zero-order chi connectivity index (χ0) is 20.8. The first kappa shape index (κ1) is 20.7. The Morgan fingerprint density at radius 1 is 1.14 bits per heavy atom. The van der Waals surface area contributed by atoms with Crippen LogP contribution in [0.5, 0.6) is 0 Å². The van der Waals surface area contributed by atoms with Crippen molar-refractivity contribution in [3.63, 3.8) is 0 Å². The fraction of sp³-hybridized carbons (Fsp3) is 0.400. The smallest absolute Gasteiger partial charge is 0.263 e. The normalized spacial score (nSPS) is 22.6. The second-order valence-corrected chi connectivity index (χ2v) is 9.89. The number of nitrogens with zero attached hydrogens (tertiary/aromatic N) is 2. The first-order chi connectivity index (χ1) is 13.7. The van der Waals surface area contributed by atoms with Gasteiger partial charge in [0.2, 0.25) is 10.0 Å². The van der Waals surface area contributed by atoms with E-state index in [9.17, 15) is 21.6 Å². The second kappa shape index (κ2) is 7.58. The Hall–Kier alpha value is -1.61. The van der Waals surface area contributed by atoms with Gasteiger partial charge >= 0.3 is 0 Å². The highest BCUT2D eigenvalue weighted by Gasteiger charge is 2.50. The number of hydrogen-bond donors (Lipinski definition) is 0. The van der Waals surface area contributed by atoms with Gasteiger partial charge in [-0.1, -0.05) is 35.9 Å². The fourth-order valence-electron chi connectivity index (χ4n) is 4.09. The third-order valence-electron chi connectivity index (χ3n) is 5.51. The van der Waals surface area contributed by atoms with E-state index in [0.717, 1.165) is 34.5 Å². The van der Waals surface area contributed by atoms with E-state index in [2.05, 4.69) is 0 Å². The van der Waals surface area contributed by atoms with Gasteiger partial charge in [-0.3, -0.25) is 4.90 Å². The molecule has 0 spiro atoms. The van der Waals surface area contributed by atoms with Crippen molar-refractivity contribution in [3.05, 3.63) is 64.4 Å². The first-order valence-electron chi connectivity index (χ1n) is 9.30. The van der Waals surface area contributed by atoms with Crippen molar-refractivity contribution in [1.82, 2.24) is 9.21 Å². The summed E-state index contributed by atoms with van der Waals surface area (Å²) in [7, 11) is -4.23. The number of sulfonamides is 1. The van der Waals surface area contributed by atoms with E-state index in [1.807, 2.05) is 29.2 Å². The van der Waals surface area contributed by atoms with Crippen LogP contribution < -0.4 is 0 Å². The van der Waals surface area contributed by atoms with Gasteiger partial charge in [0.1, 0.15) is 5.82 Å². The molecule has 0 saturated carbocycles. The lowest BCUT2D eigenvalue weighted by atomic mass is 9.99.